The number of hydrogen-bond donors (Lipinski definition) is 8. The molecule has 0 aromatic heterocycles. The zero-order valence-corrected chi connectivity index (χ0v) is 18.5. The van der Waals surface area contributed by atoms with Crippen LogP contribution in [0.15, 0.2) is 12.1 Å². The van der Waals surface area contributed by atoms with Crippen LogP contribution in [0.4, 0.5) is 0 Å². The predicted molar refractivity (Wildman–Crippen MR) is 121 cm³/mol. The molecule has 0 bridgehead atoms. The zero-order chi connectivity index (χ0) is 16.9. The van der Waals surface area contributed by atoms with Gasteiger partial charge in [-0.15, -0.1) is 0 Å². The SMILES string of the molecule is SN(S)Cc1cc(CN(S)S)c(CN(S)S)cc1CN(S)S. The molecule has 1 aromatic carbocycles. The normalized spacial score (nSPS) is 12.2. The minimum atomic E-state index is 0.564. The van der Waals surface area contributed by atoms with Crippen LogP contribution >= 0.6 is 103 Å². The van der Waals surface area contributed by atoms with E-state index in [1.165, 1.54) is 14.8 Å². The van der Waals surface area contributed by atoms with E-state index in [0.29, 0.717) is 26.2 Å². The van der Waals surface area contributed by atoms with Gasteiger partial charge in [0.2, 0.25) is 0 Å². The number of rotatable bonds is 8. The molecule has 0 amide bonds. The zero-order valence-electron chi connectivity index (χ0n) is 11.3. The molecule has 4 nitrogen and oxygen atoms in total. The highest BCUT2D eigenvalue weighted by Gasteiger charge is 2.14. The Kier molecular flexibility index (Phi) is 10.7. The average molecular weight is 451 g/mol. The van der Waals surface area contributed by atoms with E-state index in [-0.39, 0.29) is 0 Å². The smallest absolute Gasteiger partial charge is 0.0451 e. The first kappa shape index (κ1) is 21.9. The summed E-state index contributed by atoms with van der Waals surface area (Å²) >= 11 is 33.6. The Morgan fingerprint density at radius 2 is 0.636 bits per heavy atom. The van der Waals surface area contributed by atoms with Crippen molar-refractivity contribution in [2.24, 2.45) is 0 Å². The van der Waals surface area contributed by atoms with Crippen molar-refractivity contribution in [3.05, 3.63) is 34.4 Å². The van der Waals surface area contributed by atoms with E-state index in [1.54, 1.807) is 0 Å². The first-order valence-corrected chi connectivity index (χ1v) is 9.13. The summed E-state index contributed by atoms with van der Waals surface area (Å²) in [7, 11) is 0. The maximum Gasteiger partial charge on any atom is 0.0451 e. The number of benzene rings is 1. The average Bonchev–Trinajstić information content (AvgIpc) is 2.31. The first-order valence-electron chi connectivity index (χ1n) is 5.93. The topological polar surface area (TPSA) is 13.0 Å². The van der Waals surface area contributed by atoms with Crippen LogP contribution < -0.4 is 0 Å². The van der Waals surface area contributed by atoms with Gasteiger partial charge >= 0.3 is 0 Å². The lowest BCUT2D eigenvalue weighted by atomic mass is 9.98. The van der Waals surface area contributed by atoms with Gasteiger partial charge in [-0.1, -0.05) is 115 Å². The monoisotopic (exact) mass is 450 g/mol. The number of thiol groups is 8. The Hall–Kier alpha value is 1.86. The predicted octanol–water partition coefficient (Wildman–Crippen LogP) is 3.65. The van der Waals surface area contributed by atoms with Gasteiger partial charge in [0, 0.05) is 26.2 Å². The highest BCUT2D eigenvalue weighted by atomic mass is 32.2. The molecule has 0 unspecified atom stereocenters. The molecule has 0 N–H and O–H groups in total. The Bertz CT molecular complexity index is 400. The summed E-state index contributed by atoms with van der Waals surface area (Å²) in [5.74, 6) is 0. The summed E-state index contributed by atoms with van der Waals surface area (Å²) in [6.07, 6.45) is 0. The molecule has 1 rings (SSSR count). The molecule has 0 fully saturated rings. The fraction of sp³-hybridized carbons (Fsp3) is 0.400. The maximum absolute atomic E-state index is 4.21. The molecular formula is C10H18N4S8. The third-order valence-corrected chi connectivity index (χ3v) is 3.90. The van der Waals surface area contributed by atoms with Crippen molar-refractivity contribution in [2.45, 2.75) is 26.2 Å². The van der Waals surface area contributed by atoms with Crippen molar-refractivity contribution in [1.29, 1.82) is 0 Å². The first-order chi connectivity index (χ1) is 10.2. The van der Waals surface area contributed by atoms with Crippen LogP contribution in [0.5, 0.6) is 0 Å². The van der Waals surface area contributed by atoms with Gasteiger partial charge in [0.15, 0.2) is 0 Å². The largest absolute Gasteiger partial charge is 0.196 e. The van der Waals surface area contributed by atoms with Gasteiger partial charge in [-0.3, -0.25) is 0 Å². The second-order valence-electron chi connectivity index (χ2n) is 4.51. The molecule has 0 atom stereocenters. The summed E-state index contributed by atoms with van der Waals surface area (Å²) < 4.78 is 6.08. The van der Waals surface area contributed by atoms with E-state index in [0.717, 1.165) is 22.3 Å². The van der Waals surface area contributed by atoms with E-state index < -0.39 is 0 Å². The second-order valence-corrected chi connectivity index (χ2v) is 9.64. The molecule has 0 saturated heterocycles. The van der Waals surface area contributed by atoms with Crippen LogP contribution in [0, 0.1) is 0 Å². The van der Waals surface area contributed by atoms with Crippen molar-refractivity contribution in [2.75, 3.05) is 0 Å². The minimum Gasteiger partial charge on any atom is -0.196 e. The third-order valence-electron chi connectivity index (χ3n) is 2.77. The third kappa shape index (κ3) is 8.30. The second kappa shape index (κ2) is 10.8. The van der Waals surface area contributed by atoms with Gasteiger partial charge in [0.05, 0.1) is 0 Å². The van der Waals surface area contributed by atoms with Crippen molar-refractivity contribution < 1.29 is 0 Å². The van der Waals surface area contributed by atoms with E-state index in [9.17, 15) is 0 Å². The lowest BCUT2D eigenvalue weighted by Crippen LogP contribution is -2.13. The summed E-state index contributed by atoms with van der Waals surface area (Å²) in [5, 5.41) is 0. The molecule has 0 saturated carbocycles. The van der Waals surface area contributed by atoms with E-state index >= 15 is 0 Å². The quantitative estimate of drug-likeness (QED) is 0.288. The van der Waals surface area contributed by atoms with Crippen molar-refractivity contribution >= 4 is 103 Å². The molecule has 0 aliphatic heterocycles. The summed E-state index contributed by atoms with van der Waals surface area (Å²) in [5.41, 5.74) is 4.30. The fourth-order valence-corrected chi connectivity index (χ4v) is 3.21. The van der Waals surface area contributed by atoms with Crippen LogP contribution in [0.3, 0.4) is 0 Å². The van der Waals surface area contributed by atoms with Crippen LogP contribution in [-0.2, 0) is 26.2 Å². The van der Waals surface area contributed by atoms with Gasteiger partial charge in [0.1, 0.15) is 0 Å². The molecule has 0 aliphatic carbocycles. The Balaban J connectivity index is 3.27. The van der Waals surface area contributed by atoms with Crippen LogP contribution in [0.25, 0.3) is 0 Å². The van der Waals surface area contributed by atoms with E-state index in [4.69, 9.17) is 0 Å². The van der Waals surface area contributed by atoms with Gasteiger partial charge in [-0.05, 0) is 22.3 Å². The molecule has 0 aliphatic rings. The van der Waals surface area contributed by atoms with E-state index in [2.05, 4.69) is 115 Å². The molecular weight excluding hydrogens is 433 g/mol. The van der Waals surface area contributed by atoms with Crippen LogP contribution in [0.1, 0.15) is 22.3 Å². The van der Waals surface area contributed by atoms with Crippen molar-refractivity contribution in [3.63, 3.8) is 0 Å². The van der Waals surface area contributed by atoms with E-state index in [1.807, 2.05) is 0 Å². The number of nitrogens with zero attached hydrogens (tertiary/aromatic N) is 4. The lowest BCUT2D eigenvalue weighted by Gasteiger charge is -2.21. The number of hydrogen-bond acceptors (Lipinski definition) is 12. The summed E-state index contributed by atoms with van der Waals surface area (Å²) in [6, 6.07) is 4.17. The van der Waals surface area contributed by atoms with Gasteiger partial charge in [-0.25, -0.2) is 0 Å². The fourth-order valence-electron chi connectivity index (χ4n) is 1.99. The molecule has 22 heavy (non-hydrogen) atoms. The van der Waals surface area contributed by atoms with Gasteiger partial charge in [0.25, 0.3) is 0 Å². The molecule has 126 valence electrons. The van der Waals surface area contributed by atoms with Crippen molar-refractivity contribution in [3.8, 4) is 0 Å². The Labute approximate surface area is 176 Å². The van der Waals surface area contributed by atoms with Crippen LogP contribution in [-0.4, -0.2) is 14.8 Å². The maximum atomic E-state index is 4.21. The summed E-state index contributed by atoms with van der Waals surface area (Å²) in [4.78, 5) is 0. The highest BCUT2D eigenvalue weighted by molar-refractivity contribution is 7.94. The van der Waals surface area contributed by atoms with Crippen LogP contribution in [0.2, 0.25) is 0 Å². The standard InChI is InChI=1S/C10H18N4S8/c15-11(16)3-7-1-8(4-12(17)18)10(6-14(21)22)2-9(7)5-13(19)20/h1-2,15-22H,3-6H2. The molecule has 0 spiro atoms. The van der Waals surface area contributed by atoms with Crippen molar-refractivity contribution in [1.82, 2.24) is 14.8 Å². The summed E-state index contributed by atoms with van der Waals surface area (Å²) in [6.45, 7) is 2.26. The Morgan fingerprint density at radius 1 is 0.455 bits per heavy atom. The molecule has 12 heteroatoms. The molecule has 0 heterocycles. The lowest BCUT2D eigenvalue weighted by molar-refractivity contribution is 0.680. The minimum absolute atomic E-state index is 0.564. The molecule has 1 aromatic rings. The Morgan fingerprint density at radius 3 is 0.773 bits per heavy atom. The van der Waals surface area contributed by atoms with Gasteiger partial charge in [-0.2, -0.15) is 14.8 Å². The molecule has 0 radical (unpaired) electrons. The highest BCUT2D eigenvalue weighted by Crippen LogP contribution is 2.26. The van der Waals surface area contributed by atoms with Gasteiger partial charge < -0.3 is 0 Å².